The average Bonchev–Trinajstić information content (AvgIpc) is 3.19. The van der Waals surface area contributed by atoms with Crippen LogP contribution in [0, 0.1) is 24.1 Å². The molecule has 0 saturated heterocycles. The minimum atomic E-state index is -0.865. The predicted molar refractivity (Wildman–Crippen MR) is 116 cm³/mol. The molecule has 1 atom stereocenters. The lowest BCUT2D eigenvalue weighted by Gasteiger charge is -2.16. The number of ether oxygens (including phenoxy) is 3. The van der Waals surface area contributed by atoms with Crippen LogP contribution < -0.4 is 14.8 Å². The maximum atomic E-state index is 14.5. The number of rotatable bonds is 9. The number of amides is 1. The zero-order valence-electron chi connectivity index (χ0n) is 18.1. The van der Waals surface area contributed by atoms with Gasteiger partial charge in [0.2, 0.25) is 0 Å². The van der Waals surface area contributed by atoms with Crippen molar-refractivity contribution in [1.82, 2.24) is 10.2 Å². The van der Waals surface area contributed by atoms with Gasteiger partial charge >= 0.3 is 0 Å². The van der Waals surface area contributed by atoms with Crippen molar-refractivity contribution in [2.75, 3.05) is 19.0 Å². The van der Waals surface area contributed by atoms with Gasteiger partial charge in [-0.2, -0.15) is 10.4 Å². The van der Waals surface area contributed by atoms with Crippen molar-refractivity contribution < 1.29 is 28.2 Å². The third-order valence-electron chi connectivity index (χ3n) is 4.35. The van der Waals surface area contributed by atoms with Crippen LogP contribution in [0.5, 0.6) is 17.2 Å². The zero-order chi connectivity index (χ0) is 24.0. The van der Waals surface area contributed by atoms with Crippen LogP contribution in [0.4, 0.5) is 10.2 Å². The Hall–Kier alpha value is -4.23. The van der Waals surface area contributed by atoms with Gasteiger partial charge < -0.3 is 19.5 Å². The molecular formula is C23H21FN4O5. The van der Waals surface area contributed by atoms with E-state index in [2.05, 4.69) is 15.5 Å². The molecule has 1 heterocycles. The zero-order valence-corrected chi connectivity index (χ0v) is 18.1. The van der Waals surface area contributed by atoms with E-state index in [0.29, 0.717) is 18.2 Å². The van der Waals surface area contributed by atoms with Gasteiger partial charge in [0.1, 0.15) is 23.7 Å². The summed E-state index contributed by atoms with van der Waals surface area (Å²) in [6.45, 7) is 3.89. The molecule has 0 spiro atoms. The molecule has 1 unspecified atom stereocenters. The predicted octanol–water partition coefficient (Wildman–Crippen LogP) is 4.02. The Kier molecular flexibility index (Phi) is 7.38. The molecule has 3 rings (SSSR count). The summed E-state index contributed by atoms with van der Waals surface area (Å²) in [6.07, 6.45) is -0.330. The van der Waals surface area contributed by atoms with Gasteiger partial charge in [-0.1, -0.05) is 0 Å². The second-order valence-corrected chi connectivity index (χ2v) is 7.16. The number of aryl methyl sites for hydroxylation is 1. The maximum absolute atomic E-state index is 14.5. The van der Waals surface area contributed by atoms with Crippen molar-refractivity contribution >= 4 is 17.5 Å². The van der Waals surface area contributed by atoms with Crippen LogP contribution in [0.15, 0.2) is 42.5 Å². The van der Waals surface area contributed by atoms with Crippen LogP contribution in [-0.4, -0.2) is 41.7 Å². The minimum absolute atomic E-state index is 0.0952. The van der Waals surface area contributed by atoms with Crippen LogP contribution in [0.25, 0.3) is 0 Å². The Bertz CT molecular complexity index is 1220. The standard InChI is InChI=1S/C23H21FN4O5/c1-13-6-22(28-27-13)26-23(30)16-7-17(32-14(2)12-31-3)10-18(8-16)33-21-5-4-15(9-19(21)24)20(29)11-25/h4-10,14H,12H2,1-3H3,(H2,26,27,28,30). The van der Waals surface area contributed by atoms with Crippen LogP contribution in [0.3, 0.4) is 0 Å². The fourth-order valence-corrected chi connectivity index (χ4v) is 2.92. The summed E-state index contributed by atoms with van der Waals surface area (Å²) in [6, 6.07) is 10.9. The Morgan fingerprint density at radius 3 is 2.58 bits per heavy atom. The number of nitriles is 1. The Balaban J connectivity index is 1.91. The molecule has 1 amide bonds. The van der Waals surface area contributed by atoms with Gasteiger partial charge in [-0.25, -0.2) is 4.39 Å². The number of H-pyrrole nitrogens is 1. The van der Waals surface area contributed by atoms with E-state index < -0.39 is 17.5 Å². The lowest BCUT2D eigenvalue weighted by Crippen LogP contribution is -2.18. The number of aromatic nitrogens is 2. The summed E-state index contributed by atoms with van der Waals surface area (Å²) < 4.78 is 31.0. The summed E-state index contributed by atoms with van der Waals surface area (Å²) in [5.41, 5.74) is 0.861. The van der Waals surface area contributed by atoms with E-state index in [-0.39, 0.29) is 28.7 Å². The molecule has 2 aromatic carbocycles. The molecule has 0 aliphatic carbocycles. The van der Waals surface area contributed by atoms with Crippen molar-refractivity contribution in [3.63, 3.8) is 0 Å². The van der Waals surface area contributed by atoms with Gasteiger partial charge in [0.25, 0.3) is 11.7 Å². The molecule has 0 radical (unpaired) electrons. The van der Waals surface area contributed by atoms with Crippen molar-refractivity contribution in [1.29, 1.82) is 5.26 Å². The summed E-state index contributed by atoms with van der Waals surface area (Å²) in [5.74, 6) is -1.62. The van der Waals surface area contributed by atoms with Crippen molar-refractivity contribution in [2.45, 2.75) is 20.0 Å². The van der Waals surface area contributed by atoms with E-state index in [0.717, 1.165) is 11.8 Å². The highest BCUT2D eigenvalue weighted by Crippen LogP contribution is 2.30. The topological polar surface area (TPSA) is 126 Å². The molecule has 2 N–H and O–H groups in total. The third-order valence-corrected chi connectivity index (χ3v) is 4.35. The number of Topliss-reactive ketones (excluding diaryl/α,β-unsaturated/α-hetero) is 1. The SMILES string of the molecule is COCC(C)Oc1cc(Oc2ccc(C(=O)C#N)cc2F)cc(C(=O)Nc2cc(C)[nH]n2)c1. The molecule has 0 aliphatic heterocycles. The molecule has 0 aliphatic rings. The van der Waals surface area contributed by atoms with Gasteiger partial charge in [0.05, 0.1) is 6.61 Å². The highest BCUT2D eigenvalue weighted by Gasteiger charge is 2.16. The Labute approximate surface area is 189 Å². The summed E-state index contributed by atoms with van der Waals surface area (Å²) >= 11 is 0. The molecule has 33 heavy (non-hydrogen) atoms. The highest BCUT2D eigenvalue weighted by molar-refractivity contribution is 6.07. The molecule has 1 aromatic heterocycles. The van der Waals surface area contributed by atoms with E-state index in [4.69, 9.17) is 19.5 Å². The second kappa shape index (κ2) is 10.4. The number of anilines is 1. The smallest absolute Gasteiger partial charge is 0.262 e. The van der Waals surface area contributed by atoms with Crippen molar-refractivity contribution in [3.8, 4) is 23.3 Å². The van der Waals surface area contributed by atoms with Gasteiger partial charge in [0.15, 0.2) is 17.4 Å². The average molecular weight is 452 g/mol. The fourth-order valence-electron chi connectivity index (χ4n) is 2.92. The lowest BCUT2D eigenvalue weighted by atomic mass is 10.1. The van der Waals surface area contributed by atoms with E-state index >= 15 is 0 Å². The number of carbonyl (C=O) groups is 2. The maximum Gasteiger partial charge on any atom is 0.262 e. The van der Waals surface area contributed by atoms with E-state index in [1.165, 1.54) is 43.5 Å². The van der Waals surface area contributed by atoms with Crippen LogP contribution in [0.1, 0.15) is 33.3 Å². The van der Waals surface area contributed by atoms with Gasteiger partial charge in [-0.15, -0.1) is 0 Å². The molecule has 3 aromatic rings. The molecule has 9 nitrogen and oxygen atoms in total. The van der Waals surface area contributed by atoms with Crippen LogP contribution in [-0.2, 0) is 4.74 Å². The van der Waals surface area contributed by atoms with Crippen LogP contribution >= 0.6 is 0 Å². The molecule has 170 valence electrons. The number of halogens is 1. The number of nitrogens with one attached hydrogen (secondary N) is 2. The van der Waals surface area contributed by atoms with Gasteiger partial charge in [-0.3, -0.25) is 14.7 Å². The normalized spacial score (nSPS) is 11.4. The Morgan fingerprint density at radius 1 is 1.18 bits per heavy atom. The number of hydrogen-bond donors (Lipinski definition) is 2. The first-order valence-electron chi connectivity index (χ1n) is 9.85. The molecule has 10 heteroatoms. The number of hydrogen-bond acceptors (Lipinski definition) is 7. The number of ketones is 1. The first kappa shape index (κ1) is 23.4. The number of nitrogens with zero attached hydrogens (tertiary/aromatic N) is 2. The molecule has 0 saturated carbocycles. The summed E-state index contributed by atoms with van der Waals surface area (Å²) in [4.78, 5) is 24.2. The Morgan fingerprint density at radius 2 is 1.94 bits per heavy atom. The van der Waals surface area contributed by atoms with Crippen molar-refractivity contribution in [2.24, 2.45) is 0 Å². The van der Waals surface area contributed by atoms with Gasteiger partial charge in [0, 0.05) is 36.1 Å². The molecule has 0 bridgehead atoms. The second-order valence-electron chi connectivity index (χ2n) is 7.16. The largest absolute Gasteiger partial charge is 0.488 e. The van der Waals surface area contributed by atoms with Gasteiger partial charge in [-0.05, 0) is 44.2 Å². The van der Waals surface area contributed by atoms with Crippen LogP contribution in [0.2, 0.25) is 0 Å². The van der Waals surface area contributed by atoms with E-state index in [9.17, 15) is 14.0 Å². The number of carbonyl (C=O) groups excluding carboxylic acids is 2. The fraction of sp³-hybridized carbons (Fsp3) is 0.217. The first-order valence-corrected chi connectivity index (χ1v) is 9.85. The number of methoxy groups -OCH3 is 1. The van der Waals surface area contributed by atoms with E-state index in [1.807, 2.05) is 0 Å². The van der Waals surface area contributed by atoms with Crippen molar-refractivity contribution in [3.05, 3.63) is 65.1 Å². The quantitative estimate of drug-likeness (QED) is 0.371. The summed E-state index contributed by atoms with van der Waals surface area (Å²) in [5, 5.41) is 18.0. The monoisotopic (exact) mass is 452 g/mol. The van der Waals surface area contributed by atoms with E-state index in [1.54, 1.807) is 19.9 Å². The minimum Gasteiger partial charge on any atom is -0.488 e. The third kappa shape index (κ3) is 6.15. The number of benzene rings is 2. The molecular weight excluding hydrogens is 431 g/mol. The first-order chi connectivity index (χ1) is 15.8. The number of aromatic amines is 1. The summed E-state index contributed by atoms with van der Waals surface area (Å²) in [7, 11) is 1.54. The molecule has 0 fully saturated rings. The lowest BCUT2D eigenvalue weighted by molar-refractivity contribution is 0.0915. The highest BCUT2D eigenvalue weighted by atomic mass is 19.1.